The van der Waals surface area contributed by atoms with Crippen molar-refractivity contribution in [2.24, 2.45) is 0 Å². The first-order chi connectivity index (χ1) is 13.3. The minimum Gasteiger partial charge on any atom is -0.120 e. The van der Waals surface area contributed by atoms with Crippen LogP contribution in [0.3, 0.4) is 0 Å². The van der Waals surface area contributed by atoms with Crippen LogP contribution < -0.4 is 0 Å². The molecule has 3 aromatic carbocycles. The molecule has 7 rings (SSSR count). The third kappa shape index (κ3) is 4.65. The van der Waals surface area contributed by atoms with Gasteiger partial charge in [0.15, 0.2) is 0 Å². The summed E-state index contributed by atoms with van der Waals surface area (Å²) in [7, 11) is 0. The SMILES string of the molecule is C1=Cc2ccc(cc2)C=C=Cc2ccc(cc2)C=C=Cc2ccc(cc2)C=1. The lowest BCUT2D eigenvalue weighted by molar-refractivity contribution is 1.62. The monoisotopic (exact) mass is 342 g/mol. The van der Waals surface area contributed by atoms with Gasteiger partial charge in [0.1, 0.15) is 0 Å². The van der Waals surface area contributed by atoms with Gasteiger partial charge in [0.05, 0.1) is 0 Å². The van der Waals surface area contributed by atoms with Crippen LogP contribution in [0.25, 0.3) is 36.5 Å². The minimum absolute atomic E-state index is 1.12. The molecule has 0 saturated heterocycles. The predicted octanol–water partition coefficient (Wildman–Crippen LogP) is 6.98. The molecule has 4 aliphatic rings. The van der Waals surface area contributed by atoms with Crippen LogP contribution in [0.4, 0.5) is 0 Å². The molecule has 3 aromatic rings. The van der Waals surface area contributed by atoms with Crippen LogP contribution in [0.5, 0.6) is 0 Å². The third-order valence-corrected chi connectivity index (χ3v) is 4.31. The van der Waals surface area contributed by atoms with Crippen molar-refractivity contribution in [2.75, 3.05) is 0 Å². The van der Waals surface area contributed by atoms with Crippen molar-refractivity contribution in [1.82, 2.24) is 0 Å². The van der Waals surface area contributed by atoms with Crippen molar-refractivity contribution in [3.8, 4) is 0 Å². The van der Waals surface area contributed by atoms with Gasteiger partial charge in [-0.2, -0.15) is 0 Å². The number of hydrogen-bond donors (Lipinski definition) is 0. The molecule has 0 aromatic heterocycles. The molecule has 0 heterocycles. The standard InChI is InChI=1S/C27H18/c1-4-22-10-14-24(15-11-22)6-2-8-26-18-20-27(21-19-26)9-3-7-25-16-12-23(5-1)13-17-25/h4-21H. The summed E-state index contributed by atoms with van der Waals surface area (Å²) in [6, 6.07) is 25.1. The Morgan fingerprint density at radius 3 is 0.556 bits per heavy atom. The molecule has 0 saturated carbocycles. The van der Waals surface area contributed by atoms with Gasteiger partial charge in [-0.1, -0.05) is 72.8 Å². The van der Waals surface area contributed by atoms with Crippen LogP contribution in [-0.4, -0.2) is 0 Å². The van der Waals surface area contributed by atoms with Gasteiger partial charge in [0.25, 0.3) is 0 Å². The molecule has 0 spiro atoms. The van der Waals surface area contributed by atoms with Gasteiger partial charge in [-0.15, -0.1) is 17.2 Å². The first-order valence-corrected chi connectivity index (χ1v) is 8.93. The fourth-order valence-electron chi connectivity index (χ4n) is 2.77. The topological polar surface area (TPSA) is 0 Å². The maximum Gasteiger partial charge on any atom is -0.0127 e. The molecule has 0 nitrogen and oxygen atoms in total. The minimum atomic E-state index is 1.12. The van der Waals surface area contributed by atoms with Gasteiger partial charge in [0.2, 0.25) is 0 Å². The Labute approximate surface area is 160 Å². The fourth-order valence-corrected chi connectivity index (χ4v) is 2.77. The summed E-state index contributed by atoms with van der Waals surface area (Å²) in [5.41, 5.74) is 16.5. The zero-order valence-electron chi connectivity index (χ0n) is 14.9. The van der Waals surface area contributed by atoms with E-state index in [1.807, 2.05) is 36.5 Å². The Hall–Kier alpha value is -3.78. The summed E-state index contributed by atoms with van der Waals surface area (Å²) in [5, 5.41) is 0. The van der Waals surface area contributed by atoms with Gasteiger partial charge in [-0.25, -0.2) is 0 Å². The Morgan fingerprint density at radius 2 is 0.407 bits per heavy atom. The van der Waals surface area contributed by atoms with Crippen LogP contribution in [-0.2, 0) is 0 Å². The Morgan fingerprint density at radius 1 is 0.259 bits per heavy atom. The molecule has 0 atom stereocenters. The molecular weight excluding hydrogens is 324 g/mol. The second-order valence-corrected chi connectivity index (χ2v) is 6.37. The Bertz CT molecular complexity index is 884. The molecule has 4 aliphatic carbocycles. The maximum absolute atomic E-state index is 3.25. The second-order valence-electron chi connectivity index (χ2n) is 6.37. The lowest BCUT2D eigenvalue weighted by Crippen LogP contribution is -1.74. The lowest BCUT2D eigenvalue weighted by atomic mass is 10.1. The summed E-state index contributed by atoms with van der Waals surface area (Å²) >= 11 is 0. The zero-order valence-corrected chi connectivity index (χ0v) is 14.9. The smallest absolute Gasteiger partial charge is 0.0127 e. The van der Waals surface area contributed by atoms with Crippen LogP contribution in [0, 0.1) is 0 Å². The van der Waals surface area contributed by atoms with E-state index < -0.39 is 0 Å². The van der Waals surface area contributed by atoms with Crippen molar-refractivity contribution in [3.05, 3.63) is 123 Å². The number of fused-ring (bicyclic) bond motifs is 3. The summed E-state index contributed by atoms with van der Waals surface area (Å²) in [4.78, 5) is 0. The maximum atomic E-state index is 3.25. The van der Waals surface area contributed by atoms with Gasteiger partial charge in [0, 0.05) is 0 Å². The largest absolute Gasteiger partial charge is 0.120 e. The molecule has 0 N–H and O–H groups in total. The third-order valence-electron chi connectivity index (χ3n) is 4.31. The van der Waals surface area contributed by atoms with Crippen LogP contribution >= 0.6 is 0 Å². The summed E-state index contributed by atoms with van der Waals surface area (Å²) in [6.07, 6.45) is 11.9. The van der Waals surface area contributed by atoms with E-state index in [0.29, 0.717) is 0 Å². The average molecular weight is 342 g/mol. The normalized spacial score (nSPS) is 12.0. The highest BCUT2D eigenvalue weighted by molar-refractivity contribution is 5.64. The quantitative estimate of drug-likeness (QED) is 0.302. The highest BCUT2D eigenvalue weighted by atomic mass is 14.0. The van der Waals surface area contributed by atoms with Gasteiger partial charge in [-0.05, 0) is 69.8 Å². The van der Waals surface area contributed by atoms with Gasteiger partial charge < -0.3 is 0 Å². The molecule has 0 fully saturated rings. The molecule has 27 heavy (non-hydrogen) atoms. The molecule has 0 radical (unpaired) electrons. The van der Waals surface area contributed by atoms with Gasteiger partial charge >= 0.3 is 0 Å². The van der Waals surface area contributed by atoms with Gasteiger partial charge in [-0.3, -0.25) is 0 Å². The lowest BCUT2D eigenvalue weighted by Gasteiger charge is -1.94. The van der Waals surface area contributed by atoms with E-state index in [-0.39, 0.29) is 0 Å². The summed E-state index contributed by atoms with van der Waals surface area (Å²) in [5.74, 6) is 0. The van der Waals surface area contributed by atoms with E-state index >= 15 is 0 Å². The molecule has 0 amide bonds. The highest BCUT2D eigenvalue weighted by Gasteiger charge is 1.91. The second kappa shape index (κ2) is 8.07. The van der Waals surface area contributed by atoms with Crippen LogP contribution in [0.1, 0.15) is 33.4 Å². The molecule has 0 heteroatoms. The first kappa shape index (κ1) is 16.7. The number of rotatable bonds is 0. The van der Waals surface area contributed by atoms with Crippen LogP contribution in [0.15, 0.2) is 90.0 Å². The number of benzene rings is 3. The van der Waals surface area contributed by atoms with E-state index in [4.69, 9.17) is 0 Å². The molecule has 0 aliphatic heterocycles. The number of hydrogen-bond acceptors (Lipinski definition) is 0. The molecule has 0 unspecified atom stereocenters. The first-order valence-electron chi connectivity index (χ1n) is 8.93. The van der Waals surface area contributed by atoms with Crippen molar-refractivity contribution in [3.63, 3.8) is 0 Å². The summed E-state index contributed by atoms with van der Waals surface area (Å²) in [6.45, 7) is 0. The molecule has 126 valence electrons. The average Bonchev–Trinajstić information content (AvgIpc) is 2.71. The van der Waals surface area contributed by atoms with Crippen molar-refractivity contribution in [2.45, 2.75) is 0 Å². The van der Waals surface area contributed by atoms with Crippen molar-refractivity contribution in [1.29, 1.82) is 0 Å². The van der Waals surface area contributed by atoms with E-state index in [1.165, 1.54) is 0 Å². The van der Waals surface area contributed by atoms with Crippen molar-refractivity contribution < 1.29 is 0 Å². The molecule has 6 bridgehead atoms. The molecular formula is C27H18. The van der Waals surface area contributed by atoms with E-state index in [0.717, 1.165) is 33.4 Å². The van der Waals surface area contributed by atoms with Crippen LogP contribution in [0.2, 0.25) is 0 Å². The summed E-state index contributed by atoms with van der Waals surface area (Å²) < 4.78 is 0. The predicted molar refractivity (Wildman–Crippen MR) is 117 cm³/mol. The highest BCUT2D eigenvalue weighted by Crippen LogP contribution is 2.11. The van der Waals surface area contributed by atoms with E-state index in [9.17, 15) is 0 Å². The fraction of sp³-hybridized carbons (Fsp3) is 0. The zero-order chi connectivity index (χ0) is 18.3. The van der Waals surface area contributed by atoms with E-state index in [2.05, 4.69) is 90.0 Å². The van der Waals surface area contributed by atoms with Crippen molar-refractivity contribution >= 4 is 36.5 Å². The van der Waals surface area contributed by atoms with E-state index in [1.54, 1.807) is 0 Å². The Balaban J connectivity index is 1.77. The Kier molecular flexibility index (Phi) is 4.98.